The van der Waals surface area contributed by atoms with Crippen molar-refractivity contribution in [2.45, 2.75) is 19.5 Å². The Hall–Kier alpha value is -3.70. The Morgan fingerprint density at radius 2 is 2.05 bits per heavy atom. The summed E-state index contributed by atoms with van der Waals surface area (Å²) >= 11 is 11.8. The molecular weight excluding hydrogens is 512 g/mol. The van der Waals surface area contributed by atoms with Crippen LogP contribution in [0.25, 0.3) is 17.0 Å². The van der Waals surface area contributed by atoms with E-state index in [1.807, 2.05) is 18.2 Å². The molecule has 0 unspecified atom stereocenters. The summed E-state index contributed by atoms with van der Waals surface area (Å²) in [5, 5.41) is 14.0. The monoisotopic (exact) mass is 533 g/mol. The highest BCUT2D eigenvalue weighted by molar-refractivity contribution is 6.30. The Bertz CT molecular complexity index is 1570. The van der Waals surface area contributed by atoms with Gasteiger partial charge in [0.05, 0.1) is 17.1 Å². The van der Waals surface area contributed by atoms with Gasteiger partial charge in [0, 0.05) is 60.5 Å². The average Bonchev–Trinajstić information content (AvgIpc) is 3.21. The molecule has 9 heteroatoms. The van der Waals surface area contributed by atoms with Crippen molar-refractivity contribution in [3.63, 3.8) is 0 Å². The number of benzene rings is 2. The predicted molar refractivity (Wildman–Crippen MR) is 143 cm³/mol. The third-order valence-electron chi connectivity index (χ3n) is 6.42. The molecule has 2 aromatic carbocycles. The molecule has 2 aromatic heterocycles. The van der Waals surface area contributed by atoms with Crippen LogP contribution in [0.1, 0.15) is 27.9 Å². The van der Waals surface area contributed by atoms with Crippen LogP contribution in [-0.4, -0.2) is 33.6 Å². The van der Waals surface area contributed by atoms with E-state index in [9.17, 15) is 14.4 Å². The second-order valence-electron chi connectivity index (χ2n) is 8.80. The molecule has 0 saturated heterocycles. The molecule has 0 saturated carbocycles. The summed E-state index contributed by atoms with van der Waals surface area (Å²) < 4.78 is 15.8. The first-order chi connectivity index (χ1) is 17.9. The number of nitrogens with zero attached hydrogens (tertiary/aromatic N) is 4. The Morgan fingerprint density at radius 1 is 1.19 bits per heavy atom. The van der Waals surface area contributed by atoms with Gasteiger partial charge in [0.2, 0.25) is 0 Å². The molecule has 4 aromatic rings. The number of hydrogen-bond acceptors (Lipinski definition) is 4. The zero-order valence-electron chi connectivity index (χ0n) is 19.7. The van der Waals surface area contributed by atoms with E-state index in [2.05, 4.69) is 21.3 Å². The standard InChI is InChI=1S/C28H22Cl2FN5O/c29-21-5-4-20(24(31)14-21)2-1-10-35-11-8-26-23(17-35)22-12-18(15-32)3-6-25(22)36(26)28(37)34-16-19-7-9-33-27(30)13-19/h1-7,9,12-14H,8,10-11,16-17H2,(H,34,37)/b2-1+. The summed E-state index contributed by atoms with van der Waals surface area (Å²) in [6, 6.07) is 15.5. The van der Waals surface area contributed by atoms with Crippen LogP contribution in [0, 0.1) is 17.1 Å². The minimum atomic E-state index is -0.364. The van der Waals surface area contributed by atoms with Crippen molar-refractivity contribution in [2.75, 3.05) is 13.1 Å². The van der Waals surface area contributed by atoms with Crippen LogP contribution < -0.4 is 5.32 Å². The molecular formula is C28H22Cl2FN5O. The van der Waals surface area contributed by atoms with E-state index in [-0.39, 0.29) is 11.8 Å². The maximum Gasteiger partial charge on any atom is 0.326 e. The van der Waals surface area contributed by atoms with E-state index in [4.69, 9.17) is 23.2 Å². The third-order valence-corrected chi connectivity index (χ3v) is 6.86. The molecule has 5 rings (SSSR count). The van der Waals surface area contributed by atoms with Crippen LogP contribution in [0.15, 0.2) is 60.8 Å². The van der Waals surface area contributed by atoms with Gasteiger partial charge in [0.1, 0.15) is 11.0 Å². The van der Waals surface area contributed by atoms with Gasteiger partial charge in [-0.2, -0.15) is 5.26 Å². The average molecular weight is 534 g/mol. The second-order valence-corrected chi connectivity index (χ2v) is 9.63. The van der Waals surface area contributed by atoms with Crippen LogP contribution in [0.3, 0.4) is 0 Å². The number of halogens is 3. The lowest BCUT2D eigenvalue weighted by Gasteiger charge is -2.27. The largest absolute Gasteiger partial charge is 0.333 e. The number of nitriles is 1. The predicted octanol–water partition coefficient (Wildman–Crippen LogP) is 6.18. The van der Waals surface area contributed by atoms with Gasteiger partial charge in [0.25, 0.3) is 0 Å². The molecule has 0 fully saturated rings. The van der Waals surface area contributed by atoms with E-state index >= 15 is 0 Å². The molecule has 1 aliphatic heterocycles. The molecule has 1 amide bonds. The zero-order chi connectivity index (χ0) is 25.9. The minimum Gasteiger partial charge on any atom is -0.333 e. The lowest BCUT2D eigenvalue weighted by molar-refractivity contribution is 0.240. The summed E-state index contributed by atoms with van der Waals surface area (Å²) in [7, 11) is 0. The second kappa shape index (κ2) is 10.7. The number of fused-ring (bicyclic) bond motifs is 3. The molecule has 1 aliphatic rings. The van der Waals surface area contributed by atoms with Gasteiger partial charge < -0.3 is 5.32 Å². The first-order valence-corrected chi connectivity index (χ1v) is 12.5. The first kappa shape index (κ1) is 25.0. The highest BCUT2D eigenvalue weighted by atomic mass is 35.5. The number of nitrogens with one attached hydrogen (secondary N) is 1. The normalized spacial score (nSPS) is 13.6. The fourth-order valence-electron chi connectivity index (χ4n) is 4.65. The van der Waals surface area contributed by atoms with Crippen LogP contribution in [0.4, 0.5) is 9.18 Å². The summed E-state index contributed by atoms with van der Waals surface area (Å²) in [5.74, 6) is -0.364. The van der Waals surface area contributed by atoms with Gasteiger partial charge in [-0.25, -0.2) is 14.2 Å². The van der Waals surface area contributed by atoms with Crippen LogP contribution in [0.5, 0.6) is 0 Å². The fraction of sp³-hybridized carbons (Fsp3) is 0.179. The minimum absolute atomic E-state index is 0.240. The van der Waals surface area contributed by atoms with Gasteiger partial charge in [0.15, 0.2) is 0 Å². The van der Waals surface area contributed by atoms with E-state index < -0.39 is 0 Å². The quantitative estimate of drug-likeness (QED) is 0.310. The Labute approximate surface area is 223 Å². The van der Waals surface area contributed by atoms with Crippen molar-refractivity contribution in [1.29, 1.82) is 5.26 Å². The van der Waals surface area contributed by atoms with E-state index in [0.717, 1.165) is 34.3 Å². The van der Waals surface area contributed by atoms with Crippen molar-refractivity contribution in [3.05, 3.63) is 105 Å². The van der Waals surface area contributed by atoms with Crippen LogP contribution >= 0.6 is 23.2 Å². The number of amides is 1. The SMILES string of the molecule is N#Cc1ccc2c(c1)c1c(n2C(=O)NCc2ccnc(Cl)c2)CCN(C/C=C/c2ccc(Cl)cc2F)C1. The summed E-state index contributed by atoms with van der Waals surface area (Å²) in [4.78, 5) is 19.5. The molecule has 186 valence electrons. The van der Waals surface area contributed by atoms with Gasteiger partial charge >= 0.3 is 6.03 Å². The molecule has 3 heterocycles. The Balaban J connectivity index is 1.39. The maximum atomic E-state index is 14.1. The highest BCUT2D eigenvalue weighted by Gasteiger charge is 2.26. The Morgan fingerprint density at radius 3 is 2.84 bits per heavy atom. The van der Waals surface area contributed by atoms with Crippen LogP contribution in [-0.2, 0) is 19.5 Å². The van der Waals surface area contributed by atoms with Crippen molar-refractivity contribution in [2.24, 2.45) is 0 Å². The van der Waals surface area contributed by atoms with Gasteiger partial charge in [-0.3, -0.25) is 9.47 Å². The zero-order valence-corrected chi connectivity index (χ0v) is 21.2. The number of rotatable bonds is 5. The molecule has 0 radical (unpaired) electrons. The molecule has 6 nitrogen and oxygen atoms in total. The highest BCUT2D eigenvalue weighted by Crippen LogP contribution is 2.32. The molecule has 0 spiro atoms. The number of pyridine rings is 1. The Kier molecular flexibility index (Phi) is 7.24. The van der Waals surface area contributed by atoms with Crippen LogP contribution in [0.2, 0.25) is 10.2 Å². The first-order valence-electron chi connectivity index (χ1n) is 11.7. The van der Waals surface area contributed by atoms with Crippen molar-refractivity contribution in [1.82, 2.24) is 19.8 Å². The van der Waals surface area contributed by atoms with E-state index in [1.54, 1.807) is 47.2 Å². The topological polar surface area (TPSA) is 74.0 Å². The fourth-order valence-corrected chi connectivity index (χ4v) is 5.00. The van der Waals surface area contributed by atoms with E-state index in [0.29, 0.717) is 47.4 Å². The maximum absolute atomic E-state index is 14.1. The summed E-state index contributed by atoms with van der Waals surface area (Å²) in [5.41, 5.74) is 4.57. The number of carbonyl (C=O) groups is 1. The van der Waals surface area contributed by atoms with Gasteiger partial charge in [-0.15, -0.1) is 0 Å². The molecule has 0 bridgehead atoms. The molecule has 1 N–H and O–H groups in total. The van der Waals surface area contributed by atoms with Gasteiger partial charge in [-0.1, -0.05) is 41.4 Å². The van der Waals surface area contributed by atoms with E-state index in [1.165, 1.54) is 6.07 Å². The third kappa shape index (κ3) is 5.37. The smallest absolute Gasteiger partial charge is 0.326 e. The molecule has 37 heavy (non-hydrogen) atoms. The molecule has 0 atom stereocenters. The number of carbonyl (C=O) groups excluding carboxylic acids is 1. The lowest BCUT2D eigenvalue weighted by atomic mass is 10.0. The summed E-state index contributed by atoms with van der Waals surface area (Å²) in [6.45, 7) is 2.26. The number of hydrogen-bond donors (Lipinski definition) is 1. The van der Waals surface area contributed by atoms with Crippen molar-refractivity contribution in [3.8, 4) is 6.07 Å². The van der Waals surface area contributed by atoms with Crippen molar-refractivity contribution < 1.29 is 9.18 Å². The number of aromatic nitrogens is 2. The van der Waals surface area contributed by atoms with Gasteiger partial charge in [-0.05, 0) is 53.6 Å². The molecule has 0 aliphatic carbocycles. The van der Waals surface area contributed by atoms with Crippen molar-refractivity contribution >= 4 is 46.2 Å². The summed E-state index contributed by atoms with van der Waals surface area (Å²) in [6.07, 6.45) is 5.93. The lowest BCUT2D eigenvalue weighted by Crippen LogP contribution is -2.34.